The van der Waals surface area contributed by atoms with Gasteiger partial charge in [-0.25, -0.2) is 4.98 Å². The molecular formula is C22H27N3O3. The van der Waals surface area contributed by atoms with Gasteiger partial charge < -0.3 is 14.6 Å². The Morgan fingerprint density at radius 1 is 1.07 bits per heavy atom. The van der Waals surface area contributed by atoms with Crippen LogP contribution in [0.4, 0.5) is 5.69 Å². The Balaban J connectivity index is 1.48. The Kier molecular flexibility index (Phi) is 5.46. The van der Waals surface area contributed by atoms with Crippen molar-refractivity contribution in [3.8, 4) is 0 Å². The number of aromatic nitrogens is 1. The van der Waals surface area contributed by atoms with Crippen LogP contribution in [-0.2, 0) is 0 Å². The smallest absolute Gasteiger partial charge is 0.277 e. The highest BCUT2D eigenvalue weighted by Gasteiger charge is 2.27. The summed E-state index contributed by atoms with van der Waals surface area (Å²) >= 11 is 0. The number of nitrogens with zero attached hydrogens (tertiary/aromatic N) is 2. The molecule has 1 heterocycles. The lowest BCUT2D eigenvalue weighted by Crippen LogP contribution is -2.38. The molecule has 1 aromatic carbocycles. The summed E-state index contributed by atoms with van der Waals surface area (Å²) in [5, 5.41) is 2.84. The van der Waals surface area contributed by atoms with Gasteiger partial charge in [0, 0.05) is 19.0 Å². The van der Waals surface area contributed by atoms with Gasteiger partial charge >= 0.3 is 0 Å². The Hall–Kier alpha value is -2.63. The number of hydrogen-bond donors (Lipinski definition) is 1. The van der Waals surface area contributed by atoms with Crippen molar-refractivity contribution in [3.05, 3.63) is 47.7 Å². The molecule has 2 aliphatic carbocycles. The van der Waals surface area contributed by atoms with Gasteiger partial charge in [0.1, 0.15) is 6.26 Å². The molecular weight excluding hydrogens is 354 g/mol. The fourth-order valence-corrected chi connectivity index (χ4v) is 4.02. The summed E-state index contributed by atoms with van der Waals surface area (Å²) in [7, 11) is 1.86. The van der Waals surface area contributed by atoms with Crippen molar-refractivity contribution in [3.63, 3.8) is 0 Å². The molecule has 6 nitrogen and oxygen atoms in total. The van der Waals surface area contributed by atoms with Gasteiger partial charge in [0.15, 0.2) is 11.6 Å². The molecule has 1 N–H and O–H groups in total. The summed E-state index contributed by atoms with van der Waals surface area (Å²) in [6.07, 6.45) is 10.4. The maximum atomic E-state index is 13.1. The quantitative estimate of drug-likeness (QED) is 0.821. The minimum Gasteiger partial charge on any atom is -0.448 e. The molecule has 0 bridgehead atoms. The molecule has 2 aromatic rings. The number of carbonyl (C=O) groups is 2. The zero-order valence-electron chi connectivity index (χ0n) is 16.3. The van der Waals surface area contributed by atoms with E-state index in [2.05, 4.69) is 10.3 Å². The zero-order chi connectivity index (χ0) is 19.5. The number of para-hydroxylation sites is 1. The van der Waals surface area contributed by atoms with E-state index in [0.29, 0.717) is 23.1 Å². The van der Waals surface area contributed by atoms with Gasteiger partial charge in [0.2, 0.25) is 0 Å². The number of benzene rings is 1. The maximum Gasteiger partial charge on any atom is 0.277 e. The third kappa shape index (κ3) is 3.81. The van der Waals surface area contributed by atoms with Crippen LogP contribution < -0.4 is 5.32 Å². The predicted octanol–water partition coefficient (Wildman–Crippen LogP) is 4.60. The highest BCUT2D eigenvalue weighted by atomic mass is 16.3. The van der Waals surface area contributed by atoms with Gasteiger partial charge in [-0.2, -0.15) is 0 Å². The monoisotopic (exact) mass is 381 g/mol. The summed E-state index contributed by atoms with van der Waals surface area (Å²) in [5.74, 6) is 0.561. The molecule has 0 saturated heterocycles. The first kappa shape index (κ1) is 18.7. The van der Waals surface area contributed by atoms with E-state index >= 15 is 0 Å². The molecule has 0 spiro atoms. The van der Waals surface area contributed by atoms with Crippen LogP contribution >= 0.6 is 0 Å². The van der Waals surface area contributed by atoms with Crippen molar-refractivity contribution in [1.29, 1.82) is 0 Å². The van der Waals surface area contributed by atoms with E-state index in [1.165, 1.54) is 19.1 Å². The highest BCUT2D eigenvalue weighted by Crippen LogP contribution is 2.35. The molecule has 6 heteroatoms. The molecule has 2 amide bonds. The summed E-state index contributed by atoms with van der Waals surface area (Å²) in [6, 6.07) is 7.43. The third-order valence-electron chi connectivity index (χ3n) is 6.06. The molecule has 148 valence electrons. The lowest BCUT2D eigenvalue weighted by Gasteiger charge is -2.31. The first-order valence-corrected chi connectivity index (χ1v) is 10.3. The molecule has 0 unspecified atom stereocenters. The molecule has 0 atom stereocenters. The zero-order valence-corrected chi connectivity index (χ0v) is 16.3. The molecule has 4 rings (SSSR count). The predicted molar refractivity (Wildman–Crippen MR) is 106 cm³/mol. The van der Waals surface area contributed by atoms with Gasteiger partial charge in [0.25, 0.3) is 11.8 Å². The molecule has 0 aliphatic heterocycles. The van der Waals surface area contributed by atoms with Crippen LogP contribution in [0.1, 0.15) is 84.0 Å². The van der Waals surface area contributed by atoms with E-state index in [4.69, 9.17) is 4.42 Å². The van der Waals surface area contributed by atoms with E-state index in [1.54, 1.807) is 12.1 Å². The third-order valence-corrected chi connectivity index (χ3v) is 6.06. The van der Waals surface area contributed by atoms with E-state index < -0.39 is 0 Å². The summed E-state index contributed by atoms with van der Waals surface area (Å²) < 4.78 is 5.48. The number of carbonyl (C=O) groups excluding carboxylic acids is 2. The van der Waals surface area contributed by atoms with Crippen molar-refractivity contribution in [2.24, 2.45) is 0 Å². The van der Waals surface area contributed by atoms with E-state index in [9.17, 15) is 9.59 Å². The minimum atomic E-state index is -0.352. The molecule has 2 saturated carbocycles. The SMILES string of the molecule is CN(C(=O)c1ccccc1NC(=O)c1coc(C2CCC2)n1)C1CCCCC1. The molecule has 2 aliphatic rings. The van der Waals surface area contributed by atoms with Gasteiger partial charge in [-0.3, -0.25) is 9.59 Å². The van der Waals surface area contributed by atoms with Crippen molar-refractivity contribution in [2.45, 2.75) is 63.3 Å². The molecule has 2 fully saturated rings. The normalized spacial score (nSPS) is 17.8. The van der Waals surface area contributed by atoms with Crippen LogP contribution in [0.25, 0.3) is 0 Å². The van der Waals surface area contributed by atoms with Gasteiger partial charge in [-0.15, -0.1) is 0 Å². The first-order valence-electron chi connectivity index (χ1n) is 10.3. The van der Waals surface area contributed by atoms with E-state index in [1.807, 2.05) is 24.1 Å². The van der Waals surface area contributed by atoms with Gasteiger partial charge in [0.05, 0.1) is 11.3 Å². The lowest BCUT2D eigenvalue weighted by atomic mass is 9.85. The number of nitrogens with one attached hydrogen (secondary N) is 1. The summed E-state index contributed by atoms with van der Waals surface area (Å²) in [5.41, 5.74) is 1.27. The van der Waals surface area contributed by atoms with E-state index in [0.717, 1.165) is 38.5 Å². The fraction of sp³-hybridized carbons (Fsp3) is 0.500. The largest absolute Gasteiger partial charge is 0.448 e. The number of hydrogen-bond acceptors (Lipinski definition) is 4. The average Bonchev–Trinajstić information content (AvgIpc) is 3.16. The second-order valence-electron chi connectivity index (χ2n) is 7.91. The number of oxazole rings is 1. The van der Waals surface area contributed by atoms with Crippen LogP contribution in [0.15, 0.2) is 34.9 Å². The number of amides is 2. The van der Waals surface area contributed by atoms with Gasteiger partial charge in [-0.05, 0) is 37.8 Å². The van der Waals surface area contributed by atoms with Crippen LogP contribution in [0.3, 0.4) is 0 Å². The maximum absolute atomic E-state index is 13.1. The lowest BCUT2D eigenvalue weighted by molar-refractivity contribution is 0.0697. The topological polar surface area (TPSA) is 75.4 Å². The second kappa shape index (κ2) is 8.17. The molecule has 28 heavy (non-hydrogen) atoms. The number of anilines is 1. The Morgan fingerprint density at radius 3 is 2.54 bits per heavy atom. The Morgan fingerprint density at radius 2 is 1.82 bits per heavy atom. The van der Waals surface area contributed by atoms with Crippen LogP contribution in [-0.4, -0.2) is 34.8 Å². The average molecular weight is 381 g/mol. The van der Waals surface area contributed by atoms with Crippen LogP contribution in [0.2, 0.25) is 0 Å². The number of rotatable bonds is 5. The fourth-order valence-electron chi connectivity index (χ4n) is 4.02. The standard InChI is InChI=1S/C22H27N3O3/c1-25(16-10-3-2-4-11-16)22(27)17-12-5-6-13-18(17)23-20(26)19-14-28-21(24-19)15-8-7-9-15/h5-6,12-16H,2-4,7-11H2,1H3,(H,23,26). The van der Waals surface area contributed by atoms with Crippen molar-refractivity contribution in [1.82, 2.24) is 9.88 Å². The summed E-state index contributed by atoms with van der Waals surface area (Å²) in [4.78, 5) is 31.9. The van der Waals surface area contributed by atoms with Crippen molar-refractivity contribution >= 4 is 17.5 Å². The molecule has 0 radical (unpaired) electrons. The van der Waals surface area contributed by atoms with E-state index in [-0.39, 0.29) is 23.6 Å². The highest BCUT2D eigenvalue weighted by molar-refractivity contribution is 6.08. The Labute approximate surface area is 165 Å². The Bertz CT molecular complexity index is 850. The second-order valence-corrected chi connectivity index (χ2v) is 7.91. The van der Waals surface area contributed by atoms with Gasteiger partial charge in [-0.1, -0.05) is 37.8 Å². The van der Waals surface area contributed by atoms with Crippen LogP contribution in [0.5, 0.6) is 0 Å². The van der Waals surface area contributed by atoms with Crippen molar-refractivity contribution < 1.29 is 14.0 Å². The van der Waals surface area contributed by atoms with Crippen LogP contribution in [0, 0.1) is 0 Å². The summed E-state index contributed by atoms with van der Waals surface area (Å²) in [6.45, 7) is 0. The van der Waals surface area contributed by atoms with Crippen molar-refractivity contribution in [2.75, 3.05) is 12.4 Å². The first-order chi connectivity index (χ1) is 13.6. The minimum absolute atomic E-state index is 0.0573. The molecule has 1 aromatic heterocycles.